The molecule has 1 amide bonds. The summed E-state index contributed by atoms with van der Waals surface area (Å²) in [6.07, 6.45) is -0.478. The Balaban J connectivity index is 2.79. The molecule has 0 saturated heterocycles. The van der Waals surface area contributed by atoms with Crippen molar-refractivity contribution < 1.29 is 14.3 Å². The predicted molar refractivity (Wildman–Crippen MR) is 70.9 cm³/mol. The number of amides is 1. The van der Waals surface area contributed by atoms with Gasteiger partial charge in [0, 0.05) is 24.8 Å². The first-order valence-corrected chi connectivity index (χ1v) is 6.00. The SMILES string of the molecule is COC(OC)C(C)NC(=O)c1cccc(Cl)c1C. The standard InChI is InChI=1S/C13H18ClNO3/c1-8-10(6-5-7-11(8)14)12(16)15-9(2)13(17-3)18-4/h5-7,9,13H,1-4H3,(H,15,16). The minimum Gasteiger partial charge on any atom is -0.354 e. The third-order valence-corrected chi connectivity index (χ3v) is 3.15. The van der Waals surface area contributed by atoms with E-state index >= 15 is 0 Å². The first kappa shape index (κ1) is 15.0. The van der Waals surface area contributed by atoms with Gasteiger partial charge in [-0.1, -0.05) is 17.7 Å². The van der Waals surface area contributed by atoms with E-state index in [2.05, 4.69) is 5.32 Å². The molecule has 1 atom stereocenters. The van der Waals surface area contributed by atoms with Crippen molar-refractivity contribution in [1.29, 1.82) is 0 Å². The third kappa shape index (κ3) is 3.45. The van der Waals surface area contributed by atoms with E-state index in [-0.39, 0.29) is 11.9 Å². The van der Waals surface area contributed by atoms with Gasteiger partial charge in [-0.25, -0.2) is 0 Å². The Morgan fingerprint density at radius 2 is 1.94 bits per heavy atom. The van der Waals surface area contributed by atoms with Crippen molar-refractivity contribution in [2.75, 3.05) is 14.2 Å². The Morgan fingerprint density at radius 3 is 2.50 bits per heavy atom. The molecule has 0 spiro atoms. The van der Waals surface area contributed by atoms with Gasteiger partial charge in [0.2, 0.25) is 0 Å². The molecule has 0 fully saturated rings. The molecular weight excluding hydrogens is 254 g/mol. The van der Waals surface area contributed by atoms with Crippen molar-refractivity contribution in [2.24, 2.45) is 0 Å². The molecule has 0 aliphatic heterocycles. The number of hydrogen-bond acceptors (Lipinski definition) is 3. The maximum Gasteiger partial charge on any atom is 0.251 e. The molecule has 0 aliphatic carbocycles. The Kier molecular flexibility index (Phi) is 5.59. The molecule has 1 unspecified atom stereocenters. The van der Waals surface area contributed by atoms with E-state index in [9.17, 15) is 4.79 Å². The second kappa shape index (κ2) is 6.73. The van der Waals surface area contributed by atoms with Crippen LogP contribution in [0.2, 0.25) is 5.02 Å². The van der Waals surface area contributed by atoms with E-state index in [1.165, 1.54) is 14.2 Å². The van der Waals surface area contributed by atoms with E-state index in [1.54, 1.807) is 18.2 Å². The summed E-state index contributed by atoms with van der Waals surface area (Å²) < 4.78 is 10.2. The lowest BCUT2D eigenvalue weighted by molar-refractivity contribution is -0.117. The average Bonchev–Trinajstić information content (AvgIpc) is 2.34. The summed E-state index contributed by atoms with van der Waals surface area (Å²) in [5, 5.41) is 3.39. The number of benzene rings is 1. The van der Waals surface area contributed by atoms with Crippen molar-refractivity contribution in [3.63, 3.8) is 0 Å². The molecule has 1 N–H and O–H groups in total. The average molecular weight is 272 g/mol. The zero-order valence-corrected chi connectivity index (χ0v) is 11.7. The minimum atomic E-state index is -0.478. The molecule has 5 heteroatoms. The zero-order valence-electron chi connectivity index (χ0n) is 11.0. The van der Waals surface area contributed by atoms with Crippen LogP contribution in [0.15, 0.2) is 18.2 Å². The van der Waals surface area contributed by atoms with E-state index in [1.807, 2.05) is 13.8 Å². The third-order valence-electron chi connectivity index (χ3n) is 2.74. The van der Waals surface area contributed by atoms with Gasteiger partial charge in [-0.3, -0.25) is 4.79 Å². The van der Waals surface area contributed by atoms with Crippen molar-refractivity contribution >= 4 is 17.5 Å². The van der Waals surface area contributed by atoms with Gasteiger partial charge in [0.15, 0.2) is 6.29 Å². The summed E-state index contributed by atoms with van der Waals surface area (Å²) in [5.74, 6) is -0.193. The van der Waals surface area contributed by atoms with Crippen LogP contribution < -0.4 is 5.32 Å². The van der Waals surface area contributed by atoms with Crippen LogP contribution in [0.3, 0.4) is 0 Å². The maximum atomic E-state index is 12.1. The topological polar surface area (TPSA) is 47.6 Å². The second-order valence-corrected chi connectivity index (χ2v) is 4.42. The Bertz CT molecular complexity index is 419. The molecule has 0 bridgehead atoms. The van der Waals surface area contributed by atoms with E-state index in [4.69, 9.17) is 21.1 Å². The Labute approximate surface area is 112 Å². The van der Waals surface area contributed by atoms with Gasteiger partial charge in [0.1, 0.15) is 0 Å². The number of nitrogens with one attached hydrogen (secondary N) is 1. The van der Waals surface area contributed by atoms with Crippen LogP contribution in [0.4, 0.5) is 0 Å². The zero-order chi connectivity index (χ0) is 13.7. The van der Waals surface area contributed by atoms with Crippen LogP contribution in [-0.4, -0.2) is 32.5 Å². The molecule has 0 heterocycles. The maximum absolute atomic E-state index is 12.1. The van der Waals surface area contributed by atoms with Crippen molar-refractivity contribution in [3.8, 4) is 0 Å². The smallest absolute Gasteiger partial charge is 0.251 e. The fourth-order valence-corrected chi connectivity index (χ4v) is 1.89. The molecule has 18 heavy (non-hydrogen) atoms. The van der Waals surface area contributed by atoms with E-state index in [0.29, 0.717) is 10.6 Å². The van der Waals surface area contributed by atoms with Crippen molar-refractivity contribution in [1.82, 2.24) is 5.32 Å². The molecule has 1 rings (SSSR count). The highest BCUT2D eigenvalue weighted by molar-refractivity contribution is 6.31. The molecule has 0 radical (unpaired) electrons. The number of ether oxygens (including phenoxy) is 2. The van der Waals surface area contributed by atoms with Gasteiger partial charge < -0.3 is 14.8 Å². The van der Waals surface area contributed by atoms with E-state index < -0.39 is 6.29 Å². The number of methoxy groups -OCH3 is 2. The van der Waals surface area contributed by atoms with Crippen molar-refractivity contribution in [3.05, 3.63) is 34.3 Å². The number of halogens is 1. The monoisotopic (exact) mass is 271 g/mol. The molecule has 100 valence electrons. The first-order valence-electron chi connectivity index (χ1n) is 5.62. The van der Waals surface area contributed by atoms with Crippen LogP contribution in [0.5, 0.6) is 0 Å². The van der Waals surface area contributed by atoms with Gasteiger partial charge in [-0.05, 0) is 31.5 Å². The van der Waals surface area contributed by atoms with Gasteiger partial charge in [-0.2, -0.15) is 0 Å². The van der Waals surface area contributed by atoms with Gasteiger partial charge >= 0.3 is 0 Å². The number of hydrogen-bond donors (Lipinski definition) is 1. The van der Waals surface area contributed by atoms with Crippen molar-refractivity contribution in [2.45, 2.75) is 26.2 Å². The Morgan fingerprint density at radius 1 is 1.33 bits per heavy atom. The fourth-order valence-electron chi connectivity index (χ4n) is 1.71. The largest absolute Gasteiger partial charge is 0.354 e. The summed E-state index contributed by atoms with van der Waals surface area (Å²) in [6, 6.07) is 4.98. The minimum absolute atomic E-state index is 0.193. The summed E-state index contributed by atoms with van der Waals surface area (Å²) in [4.78, 5) is 12.1. The summed E-state index contributed by atoms with van der Waals surface area (Å²) in [5.41, 5.74) is 1.32. The second-order valence-electron chi connectivity index (χ2n) is 4.01. The predicted octanol–water partition coefficient (Wildman–Crippen LogP) is 2.39. The molecule has 1 aromatic rings. The van der Waals surface area contributed by atoms with Gasteiger partial charge in [-0.15, -0.1) is 0 Å². The highest BCUT2D eigenvalue weighted by Gasteiger charge is 2.20. The Hall–Kier alpha value is -1.10. The molecule has 0 saturated carbocycles. The van der Waals surface area contributed by atoms with Crippen LogP contribution in [-0.2, 0) is 9.47 Å². The van der Waals surface area contributed by atoms with Gasteiger partial charge in [0.05, 0.1) is 6.04 Å². The highest BCUT2D eigenvalue weighted by atomic mass is 35.5. The number of rotatable bonds is 5. The lowest BCUT2D eigenvalue weighted by atomic mass is 10.1. The normalized spacial score (nSPS) is 12.6. The lowest BCUT2D eigenvalue weighted by Crippen LogP contribution is -2.43. The summed E-state index contributed by atoms with van der Waals surface area (Å²) in [7, 11) is 3.06. The molecule has 0 aromatic heterocycles. The fraction of sp³-hybridized carbons (Fsp3) is 0.462. The van der Waals surface area contributed by atoms with Crippen LogP contribution in [0, 0.1) is 6.92 Å². The summed E-state index contributed by atoms with van der Waals surface area (Å²) in [6.45, 7) is 3.63. The number of carbonyl (C=O) groups is 1. The quantitative estimate of drug-likeness (QED) is 0.837. The first-order chi connectivity index (χ1) is 8.51. The van der Waals surface area contributed by atoms with E-state index in [0.717, 1.165) is 5.56 Å². The molecular formula is C13H18ClNO3. The molecule has 0 aliphatic rings. The lowest BCUT2D eigenvalue weighted by Gasteiger charge is -2.22. The highest BCUT2D eigenvalue weighted by Crippen LogP contribution is 2.18. The van der Waals surface area contributed by atoms with Crippen LogP contribution >= 0.6 is 11.6 Å². The summed E-state index contributed by atoms with van der Waals surface area (Å²) >= 11 is 5.98. The van der Waals surface area contributed by atoms with Gasteiger partial charge in [0.25, 0.3) is 5.91 Å². The van der Waals surface area contributed by atoms with Crippen LogP contribution in [0.1, 0.15) is 22.8 Å². The molecule has 4 nitrogen and oxygen atoms in total. The number of carbonyl (C=O) groups excluding carboxylic acids is 1. The van der Waals surface area contributed by atoms with Crippen LogP contribution in [0.25, 0.3) is 0 Å². The molecule has 1 aromatic carbocycles.